The molecule has 0 atom stereocenters. The Balaban J connectivity index is 1.84. The lowest BCUT2D eigenvalue weighted by molar-refractivity contribution is 0.612. The van der Waals surface area contributed by atoms with Gasteiger partial charge in [-0.1, -0.05) is 48.2 Å². The Morgan fingerprint density at radius 2 is 1.64 bits per heavy atom. The molecule has 0 saturated heterocycles. The van der Waals surface area contributed by atoms with E-state index >= 15 is 0 Å². The van der Waals surface area contributed by atoms with Gasteiger partial charge in [0.25, 0.3) is 0 Å². The third-order valence-corrected chi connectivity index (χ3v) is 5.11. The van der Waals surface area contributed by atoms with Gasteiger partial charge in [-0.25, -0.2) is 15.0 Å². The van der Waals surface area contributed by atoms with Gasteiger partial charge < -0.3 is 4.57 Å². The van der Waals surface area contributed by atoms with Crippen molar-refractivity contribution in [3.63, 3.8) is 0 Å². The molecule has 4 nitrogen and oxygen atoms in total. The molecule has 2 heterocycles. The zero-order valence-electron chi connectivity index (χ0n) is 14.1. The van der Waals surface area contributed by atoms with Crippen molar-refractivity contribution < 1.29 is 0 Å². The molecule has 0 spiro atoms. The molecule has 0 saturated carbocycles. The number of fused-ring (bicyclic) bond motifs is 1. The van der Waals surface area contributed by atoms with Gasteiger partial charge in [0, 0.05) is 21.4 Å². The molecule has 4 aromatic rings. The highest BCUT2D eigenvalue weighted by Crippen LogP contribution is 2.37. The van der Waals surface area contributed by atoms with E-state index in [0.29, 0.717) is 6.04 Å². The predicted molar refractivity (Wildman–Crippen MR) is 102 cm³/mol. The summed E-state index contributed by atoms with van der Waals surface area (Å²) in [5.74, 6) is 0. The monoisotopic (exact) mass is 346 g/mol. The minimum absolute atomic E-state index is 0.307. The Bertz CT molecular complexity index is 1010. The summed E-state index contributed by atoms with van der Waals surface area (Å²) in [7, 11) is 0. The summed E-state index contributed by atoms with van der Waals surface area (Å²) in [6, 6.07) is 19.0. The van der Waals surface area contributed by atoms with E-state index in [-0.39, 0.29) is 0 Å². The number of benzene rings is 2. The number of hydrogen-bond donors (Lipinski definition) is 0. The molecule has 4 rings (SSSR count). The van der Waals surface area contributed by atoms with Gasteiger partial charge in [0.2, 0.25) is 0 Å². The van der Waals surface area contributed by atoms with Gasteiger partial charge in [-0.3, -0.25) is 0 Å². The fourth-order valence-corrected chi connectivity index (χ4v) is 3.76. The lowest BCUT2D eigenvalue weighted by Gasteiger charge is -2.10. The Morgan fingerprint density at radius 3 is 2.44 bits per heavy atom. The second-order valence-corrected chi connectivity index (χ2v) is 7.17. The van der Waals surface area contributed by atoms with Crippen molar-refractivity contribution in [2.75, 3.05) is 0 Å². The quantitative estimate of drug-likeness (QED) is 0.508. The second kappa shape index (κ2) is 6.69. The molecule has 0 fully saturated rings. The molecule has 0 aliphatic carbocycles. The highest BCUT2D eigenvalue weighted by Gasteiger charge is 2.16. The van der Waals surface area contributed by atoms with Crippen LogP contribution in [0, 0.1) is 0 Å². The van der Waals surface area contributed by atoms with Crippen LogP contribution in [0.5, 0.6) is 0 Å². The number of imidazole rings is 1. The third kappa shape index (κ3) is 3.03. The summed E-state index contributed by atoms with van der Waals surface area (Å²) >= 11 is 1.74. The van der Waals surface area contributed by atoms with Crippen LogP contribution < -0.4 is 0 Å². The molecule has 25 heavy (non-hydrogen) atoms. The predicted octanol–water partition coefficient (Wildman–Crippen LogP) is 5.23. The number of nitrogens with zero attached hydrogens (tertiary/aromatic N) is 4. The van der Waals surface area contributed by atoms with Crippen LogP contribution in [0.2, 0.25) is 0 Å². The molecular weight excluding hydrogens is 328 g/mol. The molecule has 0 N–H and O–H groups in total. The number of rotatable bonds is 4. The van der Waals surface area contributed by atoms with Gasteiger partial charge in [-0.2, -0.15) is 0 Å². The van der Waals surface area contributed by atoms with Gasteiger partial charge in [0.05, 0.1) is 6.33 Å². The van der Waals surface area contributed by atoms with E-state index in [1.807, 2.05) is 18.5 Å². The fourth-order valence-electron chi connectivity index (χ4n) is 2.79. The highest BCUT2D eigenvalue weighted by atomic mass is 32.2. The smallest absolute Gasteiger partial charge is 0.164 e. The normalized spacial score (nSPS) is 11.3. The first-order valence-corrected chi connectivity index (χ1v) is 9.05. The van der Waals surface area contributed by atoms with Crippen molar-refractivity contribution in [1.29, 1.82) is 0 Å². The Hall–Kier alpha value is -2.66. The summed E-state index contributed by atoms with van der Waals surface area (Å²) < 4.78 is 2.08. The Morgan fingerprint density at radius 1 is 0.880 bits per heavy atom. The minimum Gasteiger partial charge on any atom is -0.313 e. The van der Waals surface area contributed by atoms with Crippen molar-refractivity contribution in [3.8, 4) is 11.3 Å². The van der Waals surface area contributed by atoms with E-state index in [9.17, 15) is 0 Å². The molecule has 0 aliphatic heterocycles. The van der Waals surface area contributed by atoms with Crippen LogP contribution in [-0.2, 0) is 0 Å². The summed E-state index contributed by atoms with van der Waals surface area (Å²) in [4.78, 5) is 16.0. The zero-order valence-corrected chi connectivity index (χ0v) is 14.9. The van der Waals surface area contributed by atoms with Crippen molar-refractivity contribution in [2.45, 2.75) is 29.7 Å². The van der Waals surface area contributed by atoms with Crippen molar-refractivity contribution in [1.82, 2.24) is 19.5 Å². The average Bonchev–Trinajstić information content (AvgIpc) is 3.08. The van der Waals surface area contributed by atoms with Crippen LogP contribution in [0.25, 0.3) is 22.4 Å². The van der Waals surface area contributed by atoms with E-state index in [1.54, 1.807) is 18.1 Å². The maximum absolute atomic E-state index is 4.59. The molecule has 0 bridgehead atoms. The first-order valence-electron chi connectivity index (χ1n) is 8.24. The zero-order chi connectivity index (χ0) is 17.2. The minimum atomic E-state index is 0.307. The van der Waals surface area contributed by atoms with E-state index in [4.69, 9.17) is 0 Å². The van der Waals surface area contributed by atoms with Crippen LogP contribution in [-0.4, -0.2) is 19.5 Å². The summed E-state index contributed by atoms with van der Waals surface area (Å²) in [6.07, 6.45) is 3.47. The van der Waals surface area contributed by atoms with Crippen molar-refractivity contribution >= 4 is 22.9 Å². The molecule has 0 radical (unpaired) electrons. The Kier molecular flexibility index (Phi) is 4.24. The first-order chi connectivity index (χ1) is 12.2. The van der Waals surface area contributed by atoms with Gasteiger partial charge in [-0.15, -0.1) is 0 Å². The topological polar surface area (TPSA) is 43.6 Å². The summed E-state index contributed by atoms with van der Waals surface area (Å²) in [5.41, 5.74) is 3.68. The SMILES string of the molecule is CC(C)n1cnc2c(-c3ccccc3Sc3ccccc3)ncnc21. The fraction of sp³-hybridized carbons (Fsp3) is 0.150. The van der Waals surface area contributed by atoms with Crippen molar-refractivity contribution in [2.24, 2.45) is 0 Å². The summed E-state index contributed by atoms with van der Waals surface area (Å²) in [5, 5.41) is 0. The maximum atomic E-state index is 4.59. The third-order valence-electron chi connectivity index (χ3n) is 4.03. The van der Waals surface area contributed by atoms with Crippen LogP contribution in [0.3, 0.4) is 0 Å². The van der Waals surface area contributed by atoms with Crippen LogP contribution >= 0.6 is 11.8 Å². The largest absolute Gasteiger partial charge is 0.313 e. The van der Waals surface area contributed by atoms with Gasteiger partial charge in [-0.05, 0) is 32.0 Å². The maximum Gasteiger partial charge on any atom is 0.164 e. The molecular formula is C20H18N4S. The molecule has 2 aromatic heterocycles. The average molecular weight is 346 g/mol. The molecule has 0 amide bonds. The van der Waals surface area contributed by atoms with Gasteiger partial charge in [0.15, 0.2) is 5.65 Å². The Labute approximate surface area is 151 Å². The van der Waals surface area contributed by atoms with Crippen LogP contribution in [0.1, 0.15) is 19.9 Å². The second-order valence-electron chi connectivity index (χ2n) is 6.05. The van der Waals surface area contributed by atoms with Crippen LogP contribution in [0.15, 0.2) is 77.0 Å². The molecule has 5 heteroatoms. The highest BCUT2D eigenvalue weighted by molar-refractivity contribution is 7.99. The van der Waals surface area contributed by atoms with Crippen LogP contribution in [0.4, 0.5) is 0 Å². The van der Waals surface area contributed by atoms with E-state index in [1.165, 1.54) is 4.90 Å². The van der Waals surface area contributed by atoms with Gasteiger partial charge in [0.1, 0.15) is 17.5 Å². The van der Waals surface area contributed by atoms with E-state index < -0.39 is 0 Å². The molecule has 2 aromatic carbocycles. The number of aromatic nitrogens is 4. The summed E-state index contributed by atoms with van der Waals surface area (Å²) in [6.45, 7) is 4.25. The molecule has 0 aliphatic rings. The van der Waals surface area contributed by atoms with Crippen molar-refractivity contribution in [3.05, 3.63) is 67.3 Å². The van der Waals surface area contributed by atoms with E-state index in [0.717, 1.165) is 27.3 Å². The molecule has 124 valence electrons. The van der Waals surface area contributed by atoms with Gasteiger partial charge >= 0.3 is 0 Å². The first kappa shape index (κ1) is 15.8. The number of hydrogen-bond acceptors (Lipinski definition) is 4. The molecule has 0 unspecified atom stereocenters. The lowest BCUT2D eigenvalue weighted by Crippen LogP contribution is -2.00. The van der Waals surface area contributed by atoms with E-state index in [2.05, 4.69) is 75.8 Å². The lowest BCUT2D eigenvalue weighted by atomic mass is 10.1. The standard InChI is InChI=1S/C20H18N4S/c1-14(2)24-13-23-19-18(21-12-22-20(19)24)16-10-6-7-11-17(16)25-15-8-4-3-5-9-15/h3-14H,1-2H3.